The monoisotopic (exact) mass is 272 g/mol. The van der Waals surface area contributed by atoms with E-state index in [1.807, 2.05) is 38.1 Å². The molecular weight excluding hydrogens is 255 g/mol. The largest absolute Gasteiger partial charge is 0.396 e. The summed E-state index contributed by atoms with van der Waals surface area (Å²) in [4.78, 5) is 12.0. The number of nitrogens with one attached hydrogen (secondary N) is 1. The Kier molecular flexibility index (Phi) is 4.03. The van der Waals surface area contributed by atoms with Crippen molar-refractivity contribution in [1.29, 1.82) is 0 Å². The average Bonchev–Trinajstić information content (AvgIpc) is 2.42. The van der Waals surface area contributed by atoms with E-state index in [9.17, 15) is 9.18 Å². The molecule has 2 aromatic rings. The average molecular weight is 272 g/mol. The first-order valence-electron chi connectivity index (χ1n) is 6.40. The predicted molar refractivity (Wildman–Crippen MR) is 77.9 cm³/mol. The number of carbonyl (C=O) groups excluding carboxylic acids is 1. The lowest BCUT2D eigenvalue weighted by Gasteiger charge is -2.15. The molecule has 0 bridgehead atoms. The minimum Gasteiger partial charge on any atom is -0.396 e. The van der Waals surface area contributed by atoms with Crippen molar-refractivity contribution in [3.63, 3.8) is 0 Å². The molecule has 0 saturated heterocycles. The first kappa shape index (κ1) is 14.1. The first-order chi connectivity index (χ1) is 9.47. The molecule has 0 fully saturated rings. The van der Waals surface area contributed by atoms with Crippen LogP contribution in [-0.2, 0) is 0 Å². The summed E-state index contributed by atoms with van der Waals surface area (Å²) in [6, 6.07) is 11.8. The lowest BCUT2D eigenvalue weighted by atomic mass is 10.1. The lowest BCUT2D eigenvalue weighted by molar-refractivity contribution is 0.0939. The highest BCUT2D eigenvalue weighted by atomic mass is 19.1. The van der Waals surface area contributed by atoms with Gasteiger partial charge < -0.3 is 11.1 Å². The van der Waals surface area contributed by atoms with Crippen LogP contribution < -0.4 is 11.1 Å². The second kappa shape index (κ2) is 5.74. The molecule has 104 valence electrons. The van der Waals surface area contributed by atoms with Gasteiger partial charge in [0.15, 0.2) is 0 Å². The molecule has 0 saturated carbocycles. The highest BCUT2D eigenvalue weighted by Gasteiger charge is 2.12. The zero-order chi connectivity index (χ0) is 14.7. The van der Waals surface area contributed by atoms with Crippen molar-refractivity contribution in [2.24, 2.45) is 0 Å². The molecule has 0 spiro atoms. The Bertz CT molecular complexity index is 623. The summed E-state index contributed by atoms with van der Waals surface area (Å²) < 4.78 is 13.3. The van der Waals surface area contributed by atoms with Gasteiger partial charge >= 0.3 is 0 Å². The fourth-order valence-corrected chi connectivity index (χ4v) is 1.89. The third kappa shape index (κ3) is 3.15. The van der Waals surface area contributed by atoms with Gasteiger partial charge in [0.2, 0.25) is 0 Å². The van der Waals surface area contributed by atoms with Gasteiger partial charge in [0.1, 0.15) is 5.82 Å². The molecule has 3 N–H and O–H groups in total. The predicted octanol–water partition coefficient (Wildman–Crippen LogP) is 3.21. The van der Waals surface area contributed by atoms with Crippen molar-refractivity contribution in [1.82, 2.24) is 5.32 Å². The van der Waals surface area contributed by atoms with E-state index in [0.717, 1.165) is 17.2 Å². The number of hydrogen-bond donors (Lipinski definition) is 2. The number of halogens is 1. The van der Waals surface area contributed by atoms with E-state index in [1.165, 1.54) is 12.1 Å². The normalized spacial score (nSPS) is 11.9. The molecule has 0 unspecified atom stereocenters. The third-order valence-electron chi connectivity index (χ3n) is 3.19. The smallest absolute Gasteiger partial charge is 0.251 e. The van der Waals surface area contributed by atoms with E-state index in [0.29, 0.717) is 0 Å². The maximum Gasteiger partial charge on any atom is 0.251 e. The van der Waals surface area contributed by atoms with Crippen LogP contribution in [0.3, 0.4) is 0 Å². The van der Waals surface area contributed by atoms with Gasteiger partial charge in [-0.05, 0) is 37.6 Å². The molecule has 0 radical (unpaired) electrons. The summed E-state index contributed by atoms with van der Waals surface area (Å²) in [7, 11) is 0. The molecular formula is C16H17FN2O. The molecule has 0 aliphatic carbocycles. The second-order valence-corrected chi connectivity index (χ2v) is 4.84. The lowest BCUT2D eigenvalue weighted by Crippen LogP contribution is -2.26. The number of amides is 1. The summed E-state index contributed by atoms with van der Waals surface area (Å²) in [5.74, 6) is -0.905. The number of nitrogen functional groups attached to an aromatic ring is 1. The molecule has 0 aromatic heterocycles. The van der Waals surface area contributed by atoms with Crippen molar-refractivity contribution in [3.8, 4) is 0 Å². The van der Waals surface area contributed by atoms with Crippen LogP contribution in [0.5, 0.6) is 0 Å². The number of carbonyl (C=O) groups is 1. The van der Waals surface area contributed by atoms with Gasteiger partial charge in [0.05, 0.1) is 11.7 Å². The van der Waals surface area contributed by atoms with E-state index >= 15 is 0 Å². The SMILES string of the molecule is Cc1ccc([C@@H](C)NC(=O)c2ccc(N)c(F)c2)cc1. The third-order valence-corrected chi connectivity index (χ3v) is 3.19. The van der Waals surface area contributed by atoms with Gasteiger partial charge in [-0.1, -0.05) is 29.8 Å². The standard InChI is InChI=1S/C16H17FN2O/c1-10-3-5-12(6-4-10)11(2)19-16(20)13-7-8-15(18)14(17)9-13/h3-9,11H,18H2,1-2H3,(H,19,20)/t11-/m1/s1. The second-order valence-electron chi connectivity index (χ2n) is 4.84. The van der Waals surface area contributed by atoms with Gasteiger partial charge in [0, 0.05) is 5.56 Å². The first-order valence-corrected chi connectivity index (χ1v) is 6.40. The summed E-state index contributed by atoms with van der Waals surface area (Å²) in [5, 5.41) is 2.83. The van der Waals surface area contributed by atoms with Crippen LogP contribution in [0.4, 0.5) is 10.1 Å². The molecule has 1 atom stereocenters. The Hall–Kier alpha value is -2.36. The van der Waals surface area contributed by atoms with Gasteiger partial charge in [-0.2, -0.15) is 0 Å². The van der Waals surface area contributed by atoms with Crippen molar-refractivity contribution >= 4 is 11.6 Å². The summed E-state index contributed by atoms with van der Waals surface area (Å²) in [6.07, 6.45) is 0. The molecule has 20 heavy (non-hydrogen) atoms. The van der Waals surface area contributed by atoms with Crippen molar-refractivity contribution in [2.75, 3.05) is 5.73 Å². The maximum atomic E-state index is 13.3. The maximum absolute atomic E-state index is 13.3. The highest BCUT2D eigenvalue weighted by Crippen LogP contribution is 2.16. The van der Waals surface area contributed by atoms with Gasteiger partial charge in [-0.25, -0.2) is 4.39 Å². The fourth-order valence-electron chi connectivity index (χ4n) is 1.89. The Balaban J connectivity index is 2.10. The molecule has 0 heterocycles. The molecule has 0 aliphatic rings. The Morgan fingerprint density at radius 3 is 2.45 bits per heavy atom. The zero-order valence-electron chi connectivity index (χ0n) is 11.5. The topological polar surface area (TPSA) is 55.1 Å². The van der Waals surface area contributed by atoms with Crippen LogP contribution >= 0.6 is 0 Å². The van der Waals surface area contributed by atoms with E-state index in [4.69, 9.17) is 5.73 Å². The number of rotatable bonds is 3. The van der Waals surface area contributed by atoms with Crippen LogP contribution in [0.1, 0.15) is 34.5 Å². The van der Waals surface area contributed by atoms with E-state index in [1.54, 1.807) is 0 Å². The number of nitrogens with two attached hydrogens (primary N) is 1. The van der Waals surface area contributed by atoms with Crippen LogP contribution in [0.15, 0.2) is 42.5 Å². The van der Waals surface area contributed by atoms with Gasteiger partial charge in [-0.3, -0.25) is 4.79 Å². The van der Waals surface area contributed by atoms with Crippen molar-refractivity contribution in [3.05, 3.63) is 65.0 Å². The van der Waals surface area contributed by atoms with E-state index < -0.39 is 5.82 Å². The number of aryl methyl sites for hydroxylation is 1. The quantitative estimate of drug-likeness (QED) is 0.843. The van der Waals surface area contributed by atoms with Crippen molar-refractivity contribution < 1.29 is 9.18 Å². The van der Waals surface area contributed by atoms with Crippen LogP contribution in [0.2, 0.25) is 0 Å². The number of benzene rings is 2. The Morgan fingerprint density at radius 2 is 1.85 bits per heavy atom. The van der Waals surface area contributed by atoms with Gasteiger partial charge in [-0.15, -0.1) is 0 Å². The fraction of sp³-hybridized carbons (Fsp3) is 0.188. The zero-order valence-corrected chi connectivity index (χ0v) is 11.5. The Morgan fingerprint density at radius 1 is 1.20 bits per heavy atom. The molecule has 1 amide bonds. The summed E-state index contributed by atoms with van der Waals surface area (Å²) in [5.41, 5.74) is 7.84. The molecule has 4 heteroatoms. The van der Waals surface area contributed by atoms with Gasteiger partial charge in [0.25, 0.3) is 5.91 Å². The highest BCUT2D eigenvalue weighted by molar-refractivity contribution is 5.94. The van der Waals surface area contributed by atoms with Crippen LogP contribution in [-0.4, -0.2) is 5.91 Å². The molecule has 0 aliphatic heterocycles. The molecule has 3 nitrogen and oxygen atoms in total. The van der Waals surface area contributed by atoms with Crippen LogP contribution in [0.25, 0.3) is 0 Å². The van der Waals surface area contributed by atoms with Crippen molar-refractivity contribution in [2.45, 2.75) is 19.9 Å². The van der Waals surface area contributed by atoms with E-state index in [-0.39, 0.29) is 23.2 Å². The van der Waals surface area contributed by atoms with Crippen LogP contribution in [0, 0.1) is 12.7 Å². The number of anilines is 1. The summed E-state index contributed by atoms with van der Waals surface area (Å²) >= 11 is 0. The minimum atomic E-state index is -0.583. The summed E-state index contributed by atoms with van der Waals surface area (Å²) in [6.45, 7) is 3.89. The Labute approximate surface area is 117 Å². The molecule has 2 aromatic carbocycles. The number of hydrogen-bond acceptors (Lipinski definition) is 2. The minimum absolute atomic E-state index is 0.0353. The van der Waals surface area contributed by atoms with E-state index in [2.05, 4.69) is 5.32 Å². The molecule has 2 rings (SSSR count).